The molecule has 0 unspecified atom stereocenters. The summed E-state index contributed by atoms with van der Waals surface area (Å²) in [7, 11) is 1.95. The van der Waals surface area contributed by atoms with Gasteiger partial charge >= 0.3 is 0 Å². The molecule has 1 aromatic carbocycles. The molecule has 140 valence electrons. The number of guanidine groups is 1. The minimum atomic E-state index is 0.634. The topological polar surface area (TPSA) is 57.5 Å². The highest BCUT2D eigenvalue weighted by Crippen LogP contribution is 2.18. The largest absolute Gasteiger partial charge is 0.357 e. The minimum Gasteiger partial charge on any atom is -0.357 e. The van der Waals surface area contributed by atoms with Gasteiger partial charge in [-0.15, -0.1) is 0 Å². The van der Waals surface area contributed by atoms with E-state index in [1.165, 1.54) is 17.5 Å². The van der Waals surface area contributed by atoms with Gasteiger partial charge in [-0.3, -0.25) is 9.58 Å². The lowest BCUT2D eigenvalue weighted by molar-refractivity contribution is 0.251. The average molecular weight is 355 g/mol. The molecule has 1 aliphatic rings. The zero-order valence-corrected chi connectivity index (χ0v) is 15.9. The summed E-state index contributed by atoms with van der Waals surface area (Å²) in [5.41, 5.74) is 4.10. The van der Waals surface area contributed by atoms with E-state index in [4.69, 9.17) is 0 Å². The zero-order chi connectivity index (χ0) is 18.2. The lowest BCUT2D eigenvalue weighted by atomic mass is 10.00. The molecule has 3 rings (SSSR count). The molecule has 0 bridgehead atoms. The summed E-state index contributed by atoms with van der Waals surface area (Å²) in [6.07, 6.45) is 4.08. The second kappa shape index (κ2) is 9.38. The number of fused-ring (bicyclic) bond motifs is 1. The van der Waals surface area contributed by atoms with Gasteiger partial charge in [0.1, 0.15) is 0 Å². The second-order valence-electron chi connectivity index (χ2n) is 6.72. The standard InChI is InChI=1S/C20H30N6/c1-3-21-20(23-15-19-9-12-24-25(19)2)22-11-6-13-26-14-10-17-7-4-5-8-18(17)16-26/h4-5,7-9,12H,3,6,10-11,13-16H2,1-2H3,(H2,21,22,23). The molecule has 6 nitrogen and oxygen atoms in total. The van der Waals surface area contributed by atoms with E-state index in [1.807, 2.05) is 24.0 Å². The fourth-order valence-corrected chi connectivity index (χ4v) is 3.31. The van der Waals surface area contributed by atoms with Crippen LogP contribution in [0.3, 0.4) is 0 Å². The van der Waals surface area contributed by atoms with Crippen LogP contribution in [0.25, 0.3) is 0 Å². The van der Waals surface area contributed by atoms with Crippen molar-refractivity contribution in [1.82, 2.24) is 25.3 Å². The maximum absolute atomic E-state index is 4.65. The lowest BCUT2D eigenvalue weighted by Gasteiger charge is -2.28. The first-order valence-corrected chi connectivity index (χ1v) is 9.54. The Morgan fingerprint density at radius 2 is 2.04 bits per heavy atom. The molecule has 0 amide bonds. The van der Waals surface area contributed by atoms with Gasteiger partial charge in [-0.05, 0) is 37.0 Å². The molecule has 0 spiro atoms. The molecule has 26 heavy (non-hydrogen) atoms. The number of hydrogen-bond acceptors (Lipinski definition) is 3. The van der Waals surface area contributed by atoms with E-state index < -0.39 is 0 Å². The normalized spacial score (nSPS) is 14.9. The van der Waals surface area contributed by atoms with E-state index in [1.54, 1.807) is 0 Å². The van der Waals surface area contributed by atoms with Crippen LogP contribution < -0.4 is 10.6 Å². The highest BCUT2D eigenvalue weighted by atomic mass is 15.3. The Bertz CT molecular complexity index is 721. The van der Waals surface area contributed by atoms with Crippen molar-refractivity contribution < 1.29 is 0 Å². The molecule has 2 N–H and O–H groups in total. The van der Waals surface area contributed by atoms with Crippen molar-refractivity contribution in [3.05, 3.63) is 53.3 Å². The van der Waals surface area contributed by atoms with Crippen LogP contribution in [-0.4, -0.2) is 46.8 Å². The van der Waals surface area contributed by atoms with E-state index in [9.17, 15) is 0 Å². The van der Waals surface area contributed by atoms with Gasteiger partial charge in [0, 0.05) is 46.0 Å². The van der Waals surface area contributed by atoms with Crippen LogP contribution in [-0.2, 0) is 26.6 Å². The third kappa shape index (κ3) is 5.08. The minimum absolute atomic E-state index is 0.634. The van der Waals surface area contributed by atoms with Crippen LogP contribution in [0.1, 0.15) is 30.2 Å². The fraction of sp³-hybridized carbons (Fsp3) is 0.500. The van der Waals surface area contributed by atoms with Crippen LogP contribution in [0.4, 0.5) is 0 Å². The highest BCUT2D eigenvalue weighted by Gasteiger charge is 2.14. The molecule has 1 aromatic heterocycles. The summed E-state index contributed by atoms with van der Waals surface area (Å²) in [6.45, 7) is 7.86. The van der Waals surface area contributed by atoms with Gasteiger partial charge in [0.2, 0.25) is 0 Å². The highest BCUT2D eigenvalue weighted by molar-refractivity contribution is 5.79. The van der Waals surface area contributed by atoms with Crippen molar-refractivity contribution in [2.45, 2.75) is 32.9 Å². The predicted molar refractivity (Wildman–Crippen MR) is 106 cm³/mol. The molecule has 1 aliphatic heterocycles. The summed E-state index contributed by atoms with van der Waals surface area (Å²) in [5, 5.41) is 10.9. The Morgan fingerprint density at radius 1 is 1.19 bits per heavy atom. The molecule has 2 aromatic rings. The van der Waals surface area contributed by atoms with Crippen molar-refractivity contribution in [3.63, 3.8) is 0 Å². The van der Waals surface area contributed by atoms with Crippen LogP contribution in [0.15, 0.2) is 41.5 Å². The van der Waals surface area contributed by atoms with E-state index in [0.29, 0.717) is 6.54 Å². The van der Waals surface area contributed by atoms with E-state index in [-0.39, 0.29) is 0 Å². The van der Waals surface area contributed by atoms with Crippen molar-refractivity contribution in [3.8, 4) is 0 Å². The van der Waals surface area contributed by atoms with E-state index in [2.05, 4.69) is 56.8 Å². The van der Waals surface area contributed by atoms with Gasteiger partial charge in [-0.2, -0.15) is 5.10 Å². The molecule has 0 saturated heterocycles. The first-order valence-electron chi connectivity index (χ1n) is 9.54. The first kappa shape index (κ1) is 18.5. The van der Waals surface area contributed by atoms with Crippen LogP contribution in [0, 0.1) is 0 Å². The van der Waals surface area contributed by atoms with Gasteiger partial charge in [0.25, 0.3) is 0 Å². The maximum atomic E-state index is 4.65. The van der Waals surface area contributed by atoms with Crippen molar-refractivity contribution in [2.24, 2.45) is 12.0 Å². The Kier molecular flexibility index (Phi) is 6.66. The molecule has 0 radical (unpaired) electrons. The Hall–Kier alpha value is -2.34. The number of nitrogens with one attached hydrogen (secondary N) is 2. The van der Waals surface area contributed by atoms with Crippen molar-refractivity contribution in [1.29, 1.82) is 0 Å². The number of nitrogens with zero attached hydrogens (tertiary/aromatic N) is 4. The molecule has 0 atom stereocenters. The number of benzene rings is 1. The van der Waals surface area contributed by atoms with Crippen LogP contribution >= 0.6 is 0 Å². The Balaban J connectivity index is 1.42. The Labute approximate surface area is 156 Å². The second-order valence-corrected chi connectivity index (χ2v) is 6.72. The van der Waals surface area contributed by atoms with Gasteiger partial charge in [-0.25, -0.2) is 4.99 Å². The number of hydrogen-bond donors (Lipinski definition) is 2. The van der Waals surface area contributed by atoms with Gasteiger partial charge in [-0.1, -0.05) is 24.3 Å². The number of aryl methyl sites for hydroxylation is 1. The summed E-state index contributed by atoms with van der Waals surface area (Å²) in [4.78, 5) is 7.20. The number of aromatic nitrogens is 2. The summed E-state index contributed by atoms with van der Waals surface area (Å²) < 4.78 is 1.86. The quantitative estimate of drug-likeness (QED) is 0.453. The van der Waals surface area contributed by atoms with Crippen molar-refractivity contribution in [2.75, 3.05) is 26.2 Å². The third-order valence-corrected chi connectivity index (χ3v) is 4.82. The molecule has 0 aliphatic carbocycles. The van der Waals surface area contributed by atoms with Gasteiger partial charge in [0.15, 0.2) is 5.96 Å². The number of rotatable bonds is 7. The molecule has 6 heteroatoms. The average Bonchev–Trinajstić information content (AvgIpc) is 3.08. The van der Waals surface area contributed by atoms with E-state index >= 15 is 0 Å². The van der Waals surface area contributed by atoms with Gasteiger partial charge in [0.05, 0.1) is 12.2 Å². The van der Waals surface area contributed by atoms with Crippen molar-refractivity contribution >= 4 is 5.96 Å². The third-order valence-electron chi connectivity index (χ3n) is 4.82. The Morgan fingerprint density at radius 3 is 2.81 bits per heavy atom. The fourth-order valence-electron chi connectivity index (χ4n) is 3.31. The monoisotopic (exact) mass is 354 g/mol. The summed E-state index contributed by atoms with van der Waals surface area (Å²) >= 11 is 0. The molecular weight excluding hydrogens is 324 g/mol. The zero-order valence-electron chi connectivity index (χ0n) is 15.9. The predicted octanol–water partition coefficient (Wildman–Crippen LogP) is 1.92. The summed E-state index contributed by atoms with van der Waals surface area (Å²) in [6, 6.07) is 10.8. The van der Waals surface area contributed by atoms with Crippen LogP contribution in [0.5, 0.6) is 0 Å². The SMILES string of the molecule is CCNC(=NCc1ccnn1C)NCCCN1CCc2ccccc2C1. The maximum Gasteiger partial charge on any atom is 0.191 e. The smallest absolute Gasteiger partial charge is 0.191 e. The molecular formula is C20H30N6. The number of aliphatic imine (C=N–C) groups is 1. The molecule has 2 heterocycles. The van der Waals surface area contributed by atoms with Crippen LogP contribution in [0.2, 0.25) is 0 Å². The van der Waals surface area contributed by atoms with Gasteiger partial charge < -0.3 is 10.6 Å². The van der Waals surface area contributed by atoms with E-state index in [0.717, 1.165) is 50.8 Å². The first-order chi connectivity index (χ1) is 12.8. The lowest BCUT2D eigenvalue weighted by Crippen LogP contribution is -2.39. The summed E-state index contributed by atoms with van der Waals surface area (Å²) in [5.74, 6) is 0.873. The molecule has 0 fully saturated rings. The molecule has 0 saturated carbocycles.